The van der Waals surface area contributed by atoms with Crippen LogP contribution in [0.4, 0.5) is 5.69 Å². The molecular weight excluding hydrogens is 610 g/mol. The maximum Gasteiger partial charge on any atom is 0.271 e. The number of Topliss-reactive ketones (excluding diaryl/α,β-unsaturated/α-hetero) is 1. The highest BCUT2D eigenvalue weighted by molar-refractivity contribution is 9.10. The number of nitro benzene ring substituents is 1. The molecule has 1 aliphatic heterocycles. The van der Waals surface area contributed by atoms with Gasteiger partial charge < -0.3 is 8.83 Å². The van der Waals surface area contributed by atoms with Crippen molar-refractivity contribution in [1.29, 1.82) is 0 Å². The van der Waals surface area contributed by atoms with E-state index < -0.39 is 11.0 Å². The van der Waals surface area contributed by atoms with Crippen molar-refractivity contribution in [2.24, 2.45) is 4.99 Å². The molecule has 1 atom stereocenters. The van der Waals surface area contributed by atoms with Crippen LogP contribution >= 0.6 is 27.3 Å². The summed E-state index contributed by atoms with van der Waals surface area (Å²) in [5, 5.41) is 11.0. The summed E-state index contributed by atoms with van der Waals surface area (Å²) in [6, 6.07) is 19.9. The Hall–Kier alpha value is -4.61. The largest absolute Gasteiger partial charge is 0.458 e. The van der Waals surface area contributed by atoms with Crippen molar-refractivity contribution in [2.75, 3.05) is 0 Å². The number of carbonyl (C=O) groups is 1. The molecule has 0 saturated carbocycles. The number of ketones is 1. The van der Waals surface area contributed by atoms with E-state index in [1.54, 1.807) is 43.3 Å². The van der Waals surface area contributed by atoms with Crippen LogP contribution in [0.2, 0.25) is 0 Å². The Morgan fingerprint density at radius 1 is 1.00 bits per heavy atom. The van der Waals surface area contributed by atoms with Gasteiger partial charge in [0, 0.05) is 45.1 Å². The molecule has 0 saturated heterocycles. The van der Waals surface area contributed by atoms with Crippen molar-refractivity contribution in [1.82, 2.24) is 4.57 Å². The molecule has 5 aromatic rings. The lowest BCUT2D eigenvalue weighted by Gasteiger charge is -2.22. The molecule has 0 fully saturated rings. The van der Waals surface area contributed by atoms with Crippen LogP contribution in [0.25, 0.3) is 28.7 Å². The first-order chi connectivity index (χ1) is 19.7. The van der Waals surface area contributed by atoms with Gasteiger partial charge >= 0.3 is 0 Å². The molecule has 204 valence electrons. The molecule has 4 heterocycles. The van der Waals surface area contributed by atoms with E-state index in [4.69, 9.17) is 8.83 Å². The first kappa shape index (κ1) is 26.6. The minimum absolute atomic E-state index is 0.0167. The fourth-order valence-corrected chi connectivity index (χ4v) is 6.06. The molecular formula is C30H20BrN3O6S. The molecule has 11 heteroatoms. The maximum absolute atomic E-state index is 13.8. The van der Waals surface area contributed by atoms with Crippen molar-refractivity contribution in [3.63, 3.8) is 0 Å². The molecule has 6 rings (SSSR count). The fourth-order valence-electron chi connectivity index (χ4n) is 4.77. The van der Waals surface area contributed by atoms with Crippen molar-refractivity contribution in [3.8, 4) is 22.6 Å². The van der Waals surface area contributed by atoms with Crippen LogP contribution < -0.4 is 14.9 Å². The first-order valence-electron chi connectivity index (χ1n) is 12.4. The smallest absolute Gasteiger partial charge is 0.271 e. The normalized spacial score (nSPS) is 15.1. The van der Waals surface area contributed by atoms with Crippen LogP contribution in [-0.2, 0) is 4.79 Å². The maximum atomic E-state index is 13.8. The Morgan fingerprint density at radius 2 is 1.63 bits per heavy atom. The Morgan fingerprint density at radius 3 is 2.29 bits per heavy atom. The van der Waals surface area contributed by atoms with Gasteiger partial charge in [-0.3, -0.25) is 24.3 Å². The highest BCUT2D eigenvalue weighted by atomic mass is 79.9. The number of hydrogen-bond acceptors (Lipinski definition) is 8. The molecule has 0 amide bonds. The predicted molar refractivity (Wildman–Crippen MR) is 157 cm³/mol. The third kappa shape index (κ3) is 4.94. The number of nitro groups is 1. The van der Waals surface area contributed by atoms with Crippen molar-refractivity contribution in [3.05, 3.63) is 130 Å². The summed E-state index contributed by atoms with van der Waals surface area (Å²) >= 11 is 4.62. The monoisotopic (exact) mass is 629 g/mol. The summed E-state index contributed by atoms with van der Waals surface area (Å²) < 4.78 is 15.0. The van der Waals surface area contributed by atoms with Gasteiger partial charge in [0.25, 0.3) is 11.2 Å². The number of rotatable bonds is 6. The van der Waals surface area contributed by atoms with Gasteiger partial charge in [-0.05, 0) is 62.4 Å². The Balaban J connectivity index is 1.42. The van der Waals surface area contributed by atoms with Crippen LogP contribution in [0.15, 0.2) is 107 Å². The van der Waals surface area contributed by atoms with Crippen LogP contribution in [0, 0.1) is 10.1 Å². The van der Waals surface area contributed by atoms with E-state index in [-0.39, 0.29) is 17.0 Å². The molecule has 0 bridgehead atoms. The molecule has 41 heavy (non-hydrogen) atoms. The quantitative estimate of drug-likeness (QED) is 0.167. The van der Waals surface area contributed by atoms with E-state index in [0.29, 0.717) is 49.2 Å². The Bertz CT molecular complexity index is 2050. The number of benzene rings is 2. The number of thiazole rings is 1. The predicted octanol–water partition coefficient (Wildman–Crippen LogP) is 6.01. The lowest BCUT2D eigenvalue weighted by Crippen LogP contribution is -2.39. The summed E-state index contributed by atoms with van der Waals surface area (Å²) in [5.74, 6) is 1.79. The SMILES string of the molecule is CC(=O)C1=C(C)N=c2s/c(=C/c3ccc(-c4ccc([N+](=O)[O-])cc4)o3)c(=O)n2[C@@H]1c1ccc(-c2ccc(Br)cc2)o1. The number of non-ortho nitro benzene ring substituents is 1. The van der Waals surface area contributed by atoms with Gasteiger partial charge in [-0.15, -0.1) is 0 Å². The van der Waals surface area contributed by atoms with Crippen molar-refractivity contribution in [2.45, 2.75) is 19.9 Å². The molecule has 0 radical (unpaired) electrons. The molecule has 0 N–H and O–H groups in total. The standard InChI is InChI=1S/C30H20BrN3O6S/c1-16-27(17(2)35)28(25-14-13-24(40-25)18-3-7-20(31)8-4-18)33-29(36)26(41-30(33)32-16)15-22-11-12-23(39-22)19-5-9-21(10-6-19)34(37)38/h3-15,28H,1-2H3/b26-15+/t28-/m1/s1. The molecule has 1 aliphatic rings. The van der Waals surface area contributed by atoms with Gasteiger partial charge in [-0.1, -0.05) is 39.4 Å². The average Bonchev–Trinajstić information content (AvgIpc) is 3.68. The number of allylic oxidation sites excluding steroid dienone is 2. The minimum atomic E-state index is -0.776. The molecule has 3 aromatic heterocycles. The number of fused-ring (bicyclic) bond motifs is 1. The first-order valence-corrected chi connectivity index (χ1v) is 14.0. The second-order valence-corrected chi connectivity index (χ2v) is 11.3. The summed E-state index contributed by atoms with van der Waals surface area (Å²) in [6.07, 6.45) is 1.62. The molecule has 0 aliphatic carbocycles. The van der Waals surface area contributed by atoms with Gasteiger partial charge in [-0.25, -0.2) is 4.99 Å². The molecule has 9 nitrogen and oxygen atoms in total. The lowest BCUT2D eigenvalue weighted by atomic mass is 9.98. The third-order valence-corrected chi connectivity index (χ3v) is 8.20. The summed E-state index contributed by atoms with van der Waals surface area (Å²) in [5.41, 5.74) is 2.09. The highest BCUT2D eigenvalue weighted by Crippen LogP contribution is 2.34. The summed E-state index contributed by atoms with van der Waals surface area (Å²) in [7, 11) is 0. The number of aromatic nitrogens is 1. The van der Waals surface area contributed by atoms with E-state index >= 15 is 0 Å². The number of nitrogens with zero attached hydrogens (tertiary/aromatic N) is 3. The number of halogens is 1. The van der Waals surface area contributed by atoms with Gasteiger partial charge in [-0.2, -0.15) is 0 Å². The zero-order valence-electron chi connectivity index (χ0n) is 21.7. The average molecular weight is 630 g/mol. The number of hydrogen-bond donors (Lipinski definition) is 0. The van der Waals surface area contributed by atoms with Crippen LogP contribution in [0.1, 0.15) is 31.4 Å². The zero-order chi connectivity index (χ0) is 28.8. The van der Waals surface area contributed by atoms with E-state index in [2.05, 4.69) is 20.9 Å². The van der Waals surface area contributed by atoms with Gasteiger partial charge in [0.1, 0.15) is 29.1 Å². The zero-order valence-corrected chi connectivity index (χ0v) is 24.1. The van der Waals surface area contributed by atoms with E-state index in [1.165, 1.54) is 35.0 Å². The van der Waals surface area contributed by atoms with Gasteiger partial charge in [0.2, 0.25) is 0 Å². The van der Waals surface area contributed by atoms with E-state index in [0.717, 1.165) is 10.0 Å². The van der Waals surface area contributed by atoms with Crippen LogP contribution in [0.3, 0.4) is 0 Å². The lowest BCUT2D eigenvalue weighted by molar-refractivity contribution is -0.384. The second kappa shape index (κ2) is 10.4. The van der Waals surface area contributed by atoms with Gasteiger partial charge in [0.15, 0.2) is 10.6 Å². The topological polar surface area (TPSA) is 121 Å². The minimum Gasteiger partial charge on any atom is -0.458 e. The van der Waals surface area contributed by atoms with Crippen LogP contribution in [-0.4, -0.2) is 15.3 Å². The van der Waals surface area contributed by atoms with E-state index in [9.17, 15) is 19.7 Å². The number of carbonyl (C=O) groups excluding carboxylic acids is 1. The van der Waals surface area contributed by atoms with Crippen molar-refractivity contribution >= 4 is 44.8 Å². The van der Waals surface area contributed by atoms with Gasteiger partial charge in [0.05, 0.1) is 9.46 Å². The van der Waals surface area contributed by atoms with Crippen LogP contribution in [0.5, 0.6) is 0 Å². The van der Waals surface area contributed by atoms with Crippen molar-refractivity contribution < 1.29 is 18.6 Å². The van der Waals surface area contributed by atoms with E-state index in [1.807, 2.05) is 30.3 Å². The summed E-state index contributed by atoms with van der Waals surface area (Å²) in [6.45, 7) is 3.21. The Kier molecular flexibility index (Phi) is 6.76. The Labute approximate surface area is 244 Å². The second-order valence-electron chi connectivity index (χ2n) is 9.35. The molecule has 0 unspecified atom stereocenters. The highest BCUT2D eigenvalue weighted by Gasteiger charge is 2.33. The fraction of sp³-hybridized carbons (Fsp3) is 0.100. The molecule has 2 aromatic carbocycles. The molecule has 0 spiro atoms. The summed E-state index contributed by atoms with van der Waals surface area (Å²) in [4.78, 5) is 42.1. The number of furan rings is 2. The third-order valence-electron chi connectivity index (χ3n) is 6.69.